The second kappa shape index (κ2) is 17.0. The minimum absolute atomic E-state index is 0. The van der Waals surface area contributed by atoms with Gasteiger partial charge in [0.15, 0.2) is 0 Å². The molecule has 0 aliphatic carbocycles. The van der Waals surface area contributed by atoms with Crippen LogP contribution in [0.2, 0.25) is 0 Å². The van der Waals surface area contributed by atoms with Gasteiger partial charge in [-0.15, -0.1) is 0 Å². The van der Waals surface area contributed by atoms with Crippen molar-refractivity contribution in [2.24, 2.45) is 0 Å². The Hall–Kier alpha value is -1.71. The summed E-state index contributed by atoms with van der Waals surface area (Å²) in [6, 6.07) is 18.4. The number of ether oxygens (including phenoxy) is 3. The Balaban J connectivity index is 0.000000980. The number of H-pyrrole nitrogens is 3. The van der Waals surface area contributed by atoms with E-state index in [0.29, 0.717) is 19.8 Å². The van der Waals surface area contributed by atoms with E-state index in [1.165, 1.54) is 0 Å². The maximum atomic E-state index is 5.46. The molecule has 0 aliphatic heterocycles. The first-order valence-corrected chi connectivity index (χ1v) is 13.9. The SMILES string of the molecule is COCC(C)(C)c1ccn([BH-](n2ccc(C(C)(C)COC)[nH+]2)n2ccc(C(C)(C)COC)[nH+]2)[nH+]1.[I-].[Mg+2].c1ccccc1. The Morgan fingerprint density at radius 1 is 0.548 bits per heavy atom. The minimum atomic E-state index is -1.33. The van der Waals surface area contributed by atoms with Crippen LogP contribution in [0.1, 0.15) is 58.6 Å². The summed E-state index contributed by atoms with van der Waals surface area (Å²) in [5, 5.41) is 10.9. The molecule has 4 rings (SSSR count). The van der Waals surface area contributed by atoms with Crippen molar-refractivity contribution in [3.05, 3.63) is 90.3 Å². The van der Waals surface area contributed by atoms with Crippen LogP contribution in [-0.2, 0) is 30.5 Å². The van der Waals surface area contributed by atoms with E-state index in [2.05, 4.69) is 107 Å². The van der Waals surface area contributed by atoms with E-state index in [4.69, 9.17) is 14.2 Å². The first kappa shape index (κ1) is 38.3. The summed E-state index contributed by atoms with van der Waals surface area (Å²) < 4.78 is 22.9. The van der Waals surface area contributed by atoms with E-state index in [9.17, 15) is 0 Å². The van der Waals surface area contributed by atoms with Crippen molar-refractivity contribution in [3.8, 4) is 0 Å². The second-order valence-electron chi connectivity index (χ2n) is 12.5. The molecular formula is C30H49BIMgN6O3+3. The smallest absolute Gasteiger partial charge is 1.00 e. The monoisotopic (exact) mass is 703 g/mol. The van der Waals surface area contributed by atoms with Gasteiger partial charge in [0.25, 0.3) is 0 Å². The quantitative estimate of drug-likeness (QED) is 0.144. The van der Waals surface area contributed by atoms with E-state index in [1.807, 2.05) is 36.4 Å². The van der Waals surface area contributed by atoms with E-state index < -0.39 is 7.12 Å². The molecule has 0 aliphatic rings. The van der Waals surface area contributed by atoms with Crippen molar-refractivity contribution >= 4 is 30.2 Å². The topological polar surface area (TPSA) is 84.9 Å². The van der Waals surface area contributed by atoms with Gasteiger partial charge in [-0.1, -0.05) is 36.4 Å². The first-order chi connectivity index (χ1) is 18.9. The maximum Gasteiger partial charge on any atom is 2.00 e. The van der Waals surface area contributed by atoms with E-state index in [1.54, 1.807) is 21.3 Å². The molecule has 0 fully saturated rings. The third-order valence-electron chi connectivity index (χ3n) is 7.34. The Morgan fingerprint density at radius 3 is 1.00 bits per heavy atom. The van der Waals surface area contributed by atoms with Gasteiger partial charge >= 0.3 is 30.2 Å². The zero-order valence-corrected chi connectivity index (χ0v) is 30.5. The molecule has 0 unspecified atom stereocenters. The first-order valence-electron chi connectivity index (χ1n) is 13.9. The number of halogens is 1. The van der Waals surface area contributed by atoms with Gasteiger partial charge in [0.05, 0.1) is 36.1 Å². The van der Waals surface area contributed by atoms with Crippen molar-refractivity contribution in [1.29, 1.82) is 0 Å². The number of rotatable bonds is 12. The van der Waals surface area contributed by atoms with Crippen molar-refractivity contribution in [2.75, 3.05) is 41.2 Å². The third kappa shape index (κ3) is 9.91. The van der Waals surface area contributed by atoms with Gasteiger partial charge < -0.3 is 38.2 Å². The van der Waals surface area contributed by atoms with Gasteiger partial charge in [-0.2, -0.15) is 15.3 Å². The molecule has 4 aromatic rings. The average Bonchev–Trinajstić information content (AvgIpc) is 3.68. The van der Waals surface area contributed by atoms with Crippen LogP contribution in [-0.4, -0.2) is 85.1 Å². The van der Waals surface area contributed by atoms with E-state index in [-0.39, 0.29) is 63.3 Å². The van der Waals surface area contributed by atoms with Crippen molar-refractivity contribution < 1.29 is 53.5 Å². The zero-order valence-electron chi connectivity index (χ0n) is 26.9. The molecule has 1 aromatic carbocycles. The van der Waals surface area contributed by atoms with Gasteiger partial charge in [0, 0.05) is 58.1 Å². The molecule has 0 saturated heterocycles. The summed E-state index contributed by atoms with van der Waals surface area (Å²) in [6.45, 7) is 15.0. The fourth-order valence-electron chi connectivity index (χ4n) is 5.00. The predicted octanol–water partition coefficient (Wildman–Crippen LogP) is -0.723. The molecule has 0 atom stereocenters. The largest absolute Gasteiger partial charge is 2.00 e. The maximum absolute atomic E-state index is 5.46. The summed E-state index contributed by atoms with van der Waals surface area (Å²) in [6.07, 6.45) is 6.32. The number of hydrogen-bond acceptors (Lipinski definition) is 3. The van der Waals surface area contributed by atoms with Crippen LogP contribution in [0.4, 0.5) is 0 Å². The molecule has 0 spiro atoms. The fourth-order valence-corrected chi connectivity index (χ4v) is 5.00. The standard InChI is InChI=1S/C24H40BN6O3.C6H6.HI.Mg/c1-22(2,16-32-7)19-10-13-29(26-19)25(30-14-11-20(27-30)23(3,4)17-33-8)31-15-12-21(28-31)24(5,6)18-34-9;1-2-4-6-5-3-1;;/h10-15,25H,16-18H2,1-9H3;1-6H;1H;/q-1;;;+2/p+2. The Morgan fingerprint density at radius 2 is 0.786 bits per heavy atom. The summed E-state index contributed by atoms with van der Waals surface area (Å²) in [5.74, 6) is 0. The van der Waals surface area contributed by atoms with E-state index >= 15 is 0 Å². The van der Waals surface area contributed by atoms with E-state index in [0.717, 1.165) is 17.1 Å². The van der Waals surface area contributed by atoms with Crippen LogP contribution >= 0.6 is 0 Å². The Kier molecular flexibility index (Phi) is 15.5. The summed E-state index contributed by atoms with van der Waals surface area (Å²) in [5.41, 5.74) is 2.94. The number of benzene rings is 1. The van der Waals surface area contributed by atoms with Crippen molar-refractivity contribution in [1.82, 2.24) is 13.8 Å². The van der Waals surface area contributed by atoms with Crippen LogP contribution in [0.5, 0.6) is 0 Å². The van der Waals surface area contributed by atoms with Gasteiger partial charge in [0.1, 0.15) is 0 Å². The average molecular weight is 704 g/mol. The molecule has 0 bridgehead atoms. The van der Waals surface area contributed by atoms with Crippen molar-refractivity contribution in [2.45, 2.75) is 57.8 Å². The number of nitrogens with zero attached hydrogens (tertiary/aromatic N) is 3. The van der Waals surface area contributed by atoms with Crippen molar-refractivity contribution in [3.63, 3.8) is 0 Å². The summed E-state index contributed by atoms with van der Waals surface area (Å²) in [7, 11) is 3.88. The predicted molar refractivity (Wildman–Crippen MR) is 163 cm³/mol. The van der Waals surface area contributed by atoms with Crippen LogP contribution in [0, 0.1) is 0 Å². The molecule has 3 N–H and O–H groups in total. The molecule has 9 nitrogen and oxygen atoms in total. The molecule has 0 radical (unpaired) electrons. The molecule has 0 saturated carbocycles. The minimum Gasteiger partial charge on any atom is -1.00 e. The zero-order chi connectivity index (χ0) is 29.4. The number of nitrogens with one attached hydrogen (secondary N) is 3. The molecule has 226 valence electrons. The van der Waals surface area contributed by atoms with Crippen LogP contribution < -0.4 is 39.3 Å². The van der Waals surface area contributed by atoms with Gasteiger partial charge in [-0.05, 0) is 41.5 Å². The Labute approximate surface area is 285 Å². The Bertz CT molecular complexity index is 1150. The fraction of sp³-hybridized carbons (Fsp3) is 0.500. The normalized spacial score (nSPS) is 11.9. The number of hydrogen-bond donors (Lipinski definition) is 0. The molecule has 42 heavy (non-hydrogen) atoms. The van der Waals surface area contributed by atoms with Crippen LogP contribution in [0.3, 0.4) is 0 Å². The van der Waals surface area contributed by atoms with Crippen LogP contribution in [0.15, 0.2) is 73.2 Å². The van der Waals surface area contributed by atoms with Gasteiger partial charge in [-0.25, -0.2) is 0 Å². The number of methoxy groups -OCH3 is 3. The second-order valence-corrected chi connectivity index (χ2v) is 12.5. The number of aromatic amines is 3. The molecule has 12 heteroatoms. The molecule has 0 amide bonds. The van der Waals surface area contributed by atoms with Gasteiger partial charge in [0.2, 0.25) is 17.1 Å². The third-order valence-corrected chi connectivity index (χ3v) is 7.34. The summed E-state index contributed by atoms with van der Waals surface area (Å²) in [4.78, 5) is 0. The molecule has 3 heterocycles. The van der Waals surface area contributed by atoms with Crippen LogP contribution in [0.25, 0.3) is 0 Å². The molecule has 3 aromatic heterocycles. The van der Waals surface area contributed by atoms with Gasteiger partial charge in [-0.3, -0.25) is 13.8 Å². The number of aromatic nitrogens is 6. The molecular weight excluding hydrogens is 654 g/mol. The summed E-state index contributed by atoms with van der Waals surface area (Å²) >= 11 is 0.